The number of hydrogen-bond donors (Lipinski definition) is 0. The number of para-hydroxylation sites is 1. The summed E-state index contributed by atoms with van der Waals surface area (Å²) in [5.41, 5.74) is 1.73. The molecule has 4 rings (SSSR count). The molecule has 0 atom stereocenters. The number of piperazine rings is 1. The van der Waals surface area contributed by atoms with Gasteiger partial charge < -0.3 is 0 Å². The van der Waals surface area contributed by atoms with Gasteiger partial charge in [-0.15, -0.1) is 0 Å². The van der Waals surface area contributed by atoms with Crippen LogP contribution >= 0.6 is 0 Å². The Morgan fingerprint density at radius 2 is 1.62 bits per heavy atom. The molecule has 1 saturated heterocycles. The van der Waals surface area contributed by atoms with E-state index in [1.807, 2.05) is 30.3 Å². The molecule has 3 heterocycles. The van der Waals surface area contributed by atoms with Gasteiger partial charge in [-0.05, 0) is 29.8 Å². The summed E-state index contributed by atoms with van der Waals surface area (Å²) in [5.74, 6) is 0. The highest BCUT2D eigenvalue weighted by molar-refractivity contribution is 7.89. The molecular weight excluding hydrogens is 348 g/mol. The highest BCUT2D eigenvalue weighted by Crippen LogP contribution is 2.25. The van der Waals surface area contributed by atoms with Gasteiger partial charge in [0.05, 0.1) is 5.52 Å². The van der Waals surface area contributed by atoms with Crippen LogP contribution in [0.25, 0.3) is 10.9 Å². The lowest BCUT2D eigenvalue weighted by atomic mass is 10.2. The predicted octanol–water partition coefficient (Wildman–Crippen LogP) is 2.14. The maximum Gasteiger partial charge on any atom is 0.245 e. The van der Waals surface area contributed by atoms with E-state index in [9.17, 15) is 8.42 Å². The Balaban J connectivity index is 1.51. The van der Waals surface area contributed by atoms with E-state index in [2.05, 4.69) is 14.9 Å². The maximum absolute atomic E-state index is 13.1. The van der Waals surface area contributed by atoms with E-state index in [-0.39, 0.29) is 4.90 Å². The average molecular weight is 368 g/mol. The largest absolute Gasteiger partial charge is 0.296 e. The van der Waals surface area contributed by atoms with Gasteiger partial charge in [0, 0.05) is 56.7 Å². The first-order valence-electron chi connectivity index (χ1n) is 8.60. The second-order valence-corrected chi connectivity index (χ2v) is 8.27. The summed E-state index contributed by atoms with van der Waals surface area (Å²) < 4.78 is 27.8. The van der Waals surface area contributed by atoms with Crippen LogP contribution in [0.5, 0.6) is 0 Å². The van der Waals surface area contributed by atoms with Crippen molar-refractivity contribution in [3.8, 4) is 0 Å². The summed E-state index contributed by atoms with van der Waals surface area (Å²) in [6.45, 7) is 3.19. The van der Waals surface area contributed by atoms with Crippen LogP contribution in [0.2, 0.25) is 0 Å². The monoisotopic (exact) mass is 368 g/mol. The van der Waals surface area contributed by atoms with Crippen molar-refractivity contribution in [2.45, 2.75) is 11.4 Å². The molecular formula is C19H20N4O2S. The molecule has 0 bridgehead atoms. The van der Waals surface area contributed by atoms with Crippen LogP contribution in [0.1, 0.15) is 5.56 Å². The van der Waals surface area contributed by atoms with Crippen LogP contribution in [0.4, 0.5) is 0 Å². The normalized spacial score (nSPS) is 16.8. The Kier molecular flexibility index (Phi) is 4.67. The maximum atomic E-state index is 13.1. The second kappa shape index (κ2) is 7.11. The van der Waals surface area contributed by atoms with Gasteiger partial charge in [-0.1, -0.05) is 18.2 Å². The summed E-state index contributed by atoms with van der Waals surface area (Å²) in [6.07, 6.45) is 5.20. The summed E-state index contributed by atoms with van der Waals surface area (Å²) in [7, 11) is -3.55. The fourth-order valence-electron chi connectivity index (χ4n) is 3.30. The quantitative estimate of drug-likeness (QED) is 0.706. The van der Waals surface area contributed by atoms with Gasteiger partial charge in [-0.2, -0.15) is 4.31 Å². The lowest BCUT2D eigenvalue weighted by Crippen LogP contribution is -2.48. The summed E-state index contributed by atoms with van der Waals surface area (Å²) in [4.78, 5) is 10.9. The fourth-order valence-corrected chi connectivity index (χ4v) is 4.89. The Bertz CT molecular complexity index is 995. The average Bonchev–Trinajstić information content (AvgIpc) is 2.69. The molecule has 0 radical (unpaired) electrons. The third-order valence-corrected chi connectivity index (χ3v) is 6.63. The van der Waals surface area contributed by atoms with Gasteiger partial charge >= 0.3 is 0 Å². The highest BCUT2D eigenvalue weighted by Gasteiger charge is 2.30. The van der Waals surface area contributed by atoms with Gasteiger partial charge in [0.25, 0.3) is 0 Å². The van der Waals surface area contributed by atoms with E-state index in [1.165, 1.54) is 5.56 Å². The molecule has 1 aliphatic rings. The van der Waals surface area contributed by atoms with Crippen molar-refractivity contribution in [3.63, 3.8) is 0 Å². The van der Waals surface area contributed by atoms with Crippen molar-refractivity contribution in [1.82, 2.24) is 19.2 Å². The number of fused-ring (bicyclic) bond motifs is 1. The third-order valence-electron chi connectivity index (χ3n) is 4.70. The van der Waals surface area contributed by atoms with E-state index in [0.717, 1.165) is 11.9 Å². The molecule has 134 valence electrons. The van der Waals surface area contributed by atoms with Crippen LogP contribution in [0.3, 0.4) is 0 Å². The first-order valence-corrected chi connectivity index (χ1v) is 10.0. The van der Waals surface area contributed by atoms with E-state index < -0.39 is 10.0 Å². The summed E-state index contributed by atoms with van der Waals surface area (Å²) in [6, 6.07) is 13.0. The van der Waals surface area contributed by atoms with Crippen LogP contribution in [0, 0.1) is 0 Å². The zero-order chi connectivity index (χ0) is 18.0. The van der Waals surface area contributed by atoms with Crippen LogP contribution in [-0.2, 0) is 16.6 Å². The molecule has 6 nitrogen and oxygen atoms in total. The summed E-state index contributed by atoms with van der Waals surface area (Å²) >= 11 is 0. The Labute approximate surface area is 153 Å². The van der Waals surface area contributed by atoms with Gasteiger partial charge in [-0.25, -0.2) is 8.42 Å². The van der Waals surface area contributed by atoms with Gasteiger partial charge in [0.2, 0.25) is 10.0 Å². The lowest BCUT2D eigenvalue weighted by molar-refractivity contribution is 0.181. The summed E-state index contributed by atoms with van der Waals surface area (Å²) in [5, 5.41) is 0.838. The van der Waals surface area contributed by atoms with Crippen LogP contribution < -0.4 is 0 Å². The Hall–Kier alpha value is -2.35. The number of benzene rings is 1. The van der Waals surface area contributed by atoms with E-state index in [1.54, 1.807) is 35.0 Å². The van der Waals surface area contributed by atoms with Gasteiger partial charge in [0.15, 0.2) is 0 Å². The molecule has 3 aromatic rings. The minimum Gasteiger partial charge on any atom is -0.296 e. The number of nitrogens with zero attached hydrogens (tertiary/aromatic N) is 4. The lowest BCUT2D eigenvalue weighted by Gasteiger charge is -2.34. The Morgan fingerprint density at radius 3 is 2.38 bits per heavy atom. The van der Waals surface area contributed by atoms with E-state index >= 15 is 0 Å². The molecule has 0 unspecified atom stereocenters. The predicted molar refractivity (Wildman–Crippen MR) is 100 cm³/mol. The molecule has 0 saturated carbocycles. The number of pyridine rings is 2. The minimum absolute atomic E-state index is 0.290. The van der Waals surface area contributed by atoms with Gasteiger partial charge in [0.1, 0.15) is 4.90 Å². The Morgan fingerprint density at radius 1 is 0.885 bits per heavy atom. The van der Waals surface area contributed by atoms with Crippen molar-refractivity contribution in [1.29, 1.82) is 0 Å². The molecule has 1 fully saturated rings. The molecule has 2 aromatic heterocycles. The van der Waals surface area contributed by atoms with E-state index in [0.29, 0.717) is 31.7 Å². The smallest absolute Gasteiger partial charge is 0.245 e. The third kappa shape index (κ3) is 3.33. The SMILES string of the molecule is O=S(=O)(c1cccc2cccnc12)N1CCN(Cc2ccncc2)CC1. The molecule has 0 spiro atoms. The topological polar surface area (TPSA) is 66.4 Å². The van der Waals surface area contributed by atoms with Gasteiger partial charge in [-0.3, -0.25) is 14.9 Å². The van der Waals surface area contributed by atoms with Crippen molar-refractivity contribution >= 4 is 20.9 Å². The van der Waals surface area contributed by atoms with E-state index in [4.69, 9.17) is 0 Å². The van der Waals surface area contributed by atoms with Crippen molar-refractivity contribution in [2.24, 2.45) is 0 Å². The molecule has 0 amide bonds. The molecule has 0 N–H and O–H groups in total. The minimum atomic E-state index is -3.55. The highest BCUT2D eigenvalue weighted by atomic mass is 32.2. The molecule has 1 aromatic carbocycles. The number of rotatable bonds is 4. The standard InChI is InChI=1S/C19H20N4O2S/c24-26(25,18-5-1-3-17-4-2-8-21-19(17)18)23-13-11-22(12-14-23)15-16-6-9-20-10-7-16/h1-10H,11-15H2. The van der Waals surface area contributed by atoms with Crippen molar-refractivity contribution < 1.29 is 8.42 Å². The van der Waals surface area contributed by atoms with Crippen molar-refractivity contribution in [3.05, 3.63) is 66.6 Å². The molecule has 0 aliphatic carbocycles. The zero-order valence-electron chi connectivity index (χ0n) is 14.3. The number of aromatic nitrogens is 2. The molecule has 26 heavy (non-hydrogen) atoms. The fraction of sp³-hybridized carbons (Fsp3) is 0.263. The zero-order valence-corrected chi connectivity index (χ0v) is 15.1. The first-order chi connectivity index (χ1) is 12.6. The first kappa shape index (κ1) is 17.1. The number of sulfonamides is 1. The van der Waals surface area contributed by atoms with Crippen molar-refractivity contribution in [2.75, 3.05) is 26.2 Å². The van der Waals surface area contributed by atoms with Crippen LogP contribution in [-0.4, -0.2) is 53.8 Å². The molecule has 7 heteroatoms. The second-order valence-electron chi connectivity index (χ2n) is 6.37. The molecule has 1 aliphatic heterocycles. The van der Waals surface area contributed by atoms with Crippen LogP contribution in [0.15, 0.2) is 66.0 Å². The number of hydrogen-bond acceptors (Lipinski definition) is 5.